The van der Waals surface area contributed by atoms with E-state index in [1.807, 2.05) is 12.1 Å². The summed E-state index contributed by atoms with van der Waals surface area (Å²) < 4.78 is 5.76. The second-order valence-electron chi connectivity index (χ2n) is 4.07. The Labute approximate surface area is 123 Å². The third kappa shape index (κ3) is 2.52. The summed E-state index contributed by atoms with van der Waals surface area (Å²) in [7, 11) is 2.95. The van der Waals surface area contributed by atoms with Crippen LogP contribution in [0.15, 0.2) is 27.2 Å². The monoisotopic (exact) mass is 344 g/mol. The summed E-state index contributed by atoms with van der Waals surface area (Å²) >= 11 is 4.85. The fourth-order valence-corrected chi connectivity index (χ4v) is 3.39. The summed E-state index contributed by atoms with van der Waals surface area (Å²) in [5.41, 5.74) is 1.06. The van der Waals surface area contributed by atoms with Crippen LogP contribution in [0.4, 0.5) is 4.79 Å². The molecule has 0 spiro atoms. The number of thiophene rings is 1. The normalized spacial score (nSPS) is 19.5. The number of rotatable bonds is 2. The highest BCUT2D eigenvalue weighted by molar-refractivity contribution is 9.11. The van der Waals surface area contributed by atoms with Crippen molar-refractivity contribution in [1.82, 2.24) is 10.2 Å². The molecule has 2 amide bonds. The lowest BCUT2D eigenvalue weighted by Gasteiger charge is -2.32. The number of hydrogen-bond donors (Lipinski definition) is 1. The number of halogens is 1. The number of hydrogen-bond acceptors (Lipinski definition) is 4. The number of ether oxygens (including phenoxy) is 1. The Kier molecular flexibility index (Phi) is 3.96. The van der Waals surface area contributed by atoms with E-state index in [1.54, 1.807) is 14.0 Å². The maximum Gasteiger partial charge on any atom is 0.338 e. The van der Waals surface area contributed by atoms with Gasteiger partial charge in [0.2, 0.25) is 0 Å². The van der Waals surface area contributed by atoms with Crippen LogP contribution >= 0.6 is 27.3 Å². The Morgan fingerprint density at radius 1 is 1.53 bits per heavy atom. The van der Waals surface area contributed by atoms with E-state index in [1.165, 1.54) is 23.3 Å². The van der Waals surface area contributed by atoms with Crippen molar-refractivity contribution in [3.05, 3.63) is 32.1 Å². The van der Waals surface area contributed by atoms with Gasteiger partial charge in [-0.3, -0.25) is 0 Å². The van der Waals surface area contributed by atoms with Crippen LogP contribution in [0.2, 0.25) is 0 Å². The smallest absolute Gasteiger partial charge is 0.338 e. The van der Waals surface area contributed by atoms with Gasteiger partial charge in [0, 0.05) is 17.6 Å². The summed E-state index contributed by atoms with van der Waals surface area (Å²) in [6, 6.07) is 3.06. The topological polar surface area (TPSA) is 58.6 Å². The molecule has 0 saturated carbocycles. The predicted octanol–water partition coefficient (Wildman–Crippen LogP) is 2.65. The molecule has 102 valence electrons. The molecule has 1 aromatic heterocycles. The first-order chi connectivity index (χ1) is 8.95. The predicted molar refractivity (Wildman–Crippen MR) is 75.8 cm³/mol. The van der Waals surface area contributed by atoms with Crippen LogP contribution in [-0.4, -0.2) is 31.1 Å². The van der Waals surface area contributed by atoms with E-state index < -0.39 is 12.0 Å². The highest BCUT2D eigenvalue weighted by Gasteiger charge is 2.35. The van der Waals surface area contributed by atoms with Crippen LogP contribution < -0.4 is 5.32 Å². The van der Waals surface area contributed by atoms with Crippen molar-refractivity contribution in [1.29, 1.82) is 0 Å². The molecule has 0 aromatic carbocycles. The molecule has 0 saturated heterocycles. The molecule has 0 aliphatic carbocycles. The van der Waals surface area contributed by atoms with Crippen LogP contribution in [0.3, 0.4) is 0 Å². The summed E-state index contributed by atoms with van der Waals surface area (Å²) in [6.07, 6.45) is 0. The maximum atomic E-state index is 12.0. The van der Waals surface area contributed by atoms with Crippen molar-refractivity contribution in [3.8, 4) is 0 Å². The van der Waals surface area contributed by atoms with Gasteiger partial charge in [-0.15, -0.1) is 11.3 Å². The largest absolute Gasteiger partial charge is 0.466 e. The van der Waals surface area contributed by atoms with E-state index in [0.29, 0.717) is 11.3 Å². The Morgan fingerprint density at radius 3 is 2.74 bits per heavy atom. The molecular formula is C12H13BrN2O3S. The Bertz CT molecular complexity index is 567. The molecule has 1 aliphatic heterocycles. The quantitative estimate of drug-likeness (QED) is 0.839. The molecule has 2 rings (SSSR count). The number of esters is 1. The average Bonchev–Trinajstić information content (AvgIpc) is 2.81. The maximum absolute atomic E-state index is 12.0. The van der Waals surface area contributed by atoms with Crippen molar-refractivity contribution >= 4 is 39.3 Å². The van der Waals surface area contributed by atoms with Crippen molar-refractivity contribution in [2.24, 2.45) is 0 Å². The zero-order valence-corrected chi connectivity index (χ0v) is 13.1. The van der Waals surface area contributed by atoms with Gasteiger partial charge in [-0.2, -0.15) is 0 Å². The van der Waals surface area contributed by atoms with Gasteiger partial charge < -0.3 is 15.0 Å². The Hall–Kier alpha value is -1.34. The highest BCUT2D eigenvalue weighted by atomic mass is 79.9. The molecule has 0 fully saturated rings. The van der Waals surface area contributed by atoms with Crippen molar-refractivity contribution in [2.45, 2.75) is 13.0 Å². The molecular weight excluding hydrogens is 332 g/mol. The van der Waals surface area contributed by atoms with E-state index >= 15 is 0 Å². The van der Waals surface area contributed by atoms with Crippen LogP contribution in [0.1, 0.15) is 17.8 Å². The van der Waals surface area contributed by atoms with E-state index in [0.717, 1.165) is 8.66 Å². The first-order valence-electron chi connectivity index (χ1n) is 5.54. The van der Waals surface area contributed by atoms with Gasteiger partial charge in [-0.1, -0.05) is 0 Å². The number of methoxy groups -OCH3 is 1. The van der Waals surface area contributed by atoms with Gasteiger partial charge in [0.05, 0.1) is 22.5 Å². The third-order valence-electron chi connectivity index (χ3n) is 3.04. The van der Waals surface area contributed by atoms with E-state index in [2.05, 4.69) is 21.2 Å². The van der Waals surface area contributed by atoms with Crippen LogP contribution in [0.25, 0.3) is 0 Å². The molecule has 2 heterocycles. The zero-order valence-electron chi connectivity index (χ0n) is 10.7. The number of carbonyl (C=O) groups excluding carboxylic acids is 2. The minimum absolute atomic E-state index is 0.236. The lowest BCUT2D eigenvalue weighted by Crippen LogP contribution is -2.45. The molecule has 0 bridgehead atoms. The zero-order chi connectivity index (χ0) is 14.2. The van der Waals surface area contributed by atoms with Gasteiger partial charge >= 0.3 is 12.0 Å². The summed E-state index contributed by atoms with van der Waals surface area (Å²) in [6.45, 7) is 1.74. The van der Waals surface area contributed by atoms with Crippen LogP contribution in [-0.2, 0) is 9.53 Å². The second-order valence-corrected chi connectivity index (χ2v) is 6.57. The first kappa shape index (κ1) is 14.1. The van der Waals surface area contributed by atoms with E-state index in [-0.39, 0.29) is 6.03 Å². The lowest BCUT2D eigenvalue weighted by atomic mass is 10.0. The fraction of sp³-hybridized carbons (Fsp3) is 0.333. The van der Waals surface area contributed by atoms with Gasteiger partial charge in [-0.25, -0.2) is 9.59 Å². The van der Waals surface area contributed by atoms with Crippen LogP contribution in [0, 0.1) is 0 Å². The molecule has 1 atom stereocenters. The summed E-state index contributed by atoms with van der Waals surface area (Å²) in [4.78, 5) is 26.1. The molecule has 1 aliphatic rings. The van der Waals surface area contributed by atoms with Gasteiger partial charge in [0.15, 0.2) is 0 Å². The number of amides is 2. The van der Waals surface area contributed by atoms with Crippen molar-refractivity contribution in [3.63, 3.8) is 0 Å². The van der Waals surface area contributed by atoms with E-state index in [4.69, 9.17) is 4.74 Å². The molecule has 1 N–H and O–H groups in total. The van der Waals surface area contributed by atoms with Gasteiger partial charge in [0.25, 0.3) is 0 Å². The SMILES string of the molecule is COC(=O)C1=C(C)N(C)C(=O)NC1c1ccc(Br)s1. The molecule has 1 aromatic rings. The standard InChI is InChI=1S/C12H13BrN2O3S/c1-6-9(11(16)18-3)10(14-12(17)15(6)2)7-4-5-8(13)19-7/h4-5,10H,1-3H3,(H,14,17). The molecule has 5 nitrogen and oxygen atoms in total. The number of allylic oxidation sites excluding steroid dienone is 1. The van der Waals surface area contributed by atoms with Crippen LogP contribution in [0.5, 0.6) is 0 Å². The van der Waals surface area contributed by atoms with Gasteiger partial charge in [-0.05, 0) is 35.0 Å². The summed E-state index contributed by atoms with van der Waals surface area (Å²) in [5, 5.41) is 2.81. The van der Waals surface area contributed by atoms with Gasteiger partial charge in [0.1, 0.15) is 0 Å². The Morgan fingerprint density at radius 2 is 2.21 bits per heavy atom. The molecule has 1 unspecified atom stereocenters. The molecule has 19 heavy (non-hydrogen) atoms. The number of carbonyl (C=O) groups is 2. The Balaban J connectivity index is 2.51. The third-order valence-corrected chi connectivity index (χ3v) is 4.73. The summed E-state index contributed by atoms with van der Waals surface area (Å²) in [5.74, 6) is -0.432. The fourth-order valence-electron chi connectivity index (χ4n) is 1.91. The molecule has 0 radical (unpaired) electrons. The van der Waals surface area contributed by atoms with E-state index in [9.17, 15) is 9.59 Å². The number of nitrogens with one attached hydrogen (secondary N) is 1. The number of urea groups is 1. The number of nitrogens with zero attached hydrogens (tertiary/aromatic N) is 1. The molecule has 7 heteroatoms. The lowest BCUT2D eigenvalue weighted by molar-refractivity contribution is -0.136. The van der Waals surface area contributed by atoms with Crippen molar-refractivity contribution in [2.75, 3.05) is 14.2 Å². The van der Waals surface area contributed by atoms with Crippen molar-refractivity contribution < 1.29 is 14.3 Å². The first-order valence-corrected chi connectivity index (χ1v) is 7.15. The minimum atomic E-state index is -0.465. The highest BCUT2D eigenvalue weighted by Crippen LogP contribution is 2.35. The minimum Gasteiger partial charge on any atom is -0.466 e. The second kappa shape index (κ2) is 5.34. The average molecular weight is 345 g/mol.